The van der Waals surface area contributed by atoms with Gasteiger partial charge in [0.1, 0.15) is 23.7 Å². The van der Waals surface area contributed by atoms with Gasteiger partial charge in [-0.05, 0) is 98.2 Å². The number of fused-ring (bicyclic) bond motifs is 2. The first kappa shape index (κ1) is 22.2. The Morgan fingerprint density at radius 1 is 1.06 bits per heavy atom. The second-order valence-electron chi connectivity index (χ2n) is 9.30. The second-order valence-corrected chi connectivity index (χ2v) is 9.30. The normalized spacial score (nSPS) is 18.6. The van der Waals surface area contributed by atoms with Gasteiger partial charge in [0.15, 0.2) is 0 Å². The average Bonchev–Trinajstić information content (AvgIpc) is 2.79. The van der Waals surface area contributed by atoms with Gasteiger partial charge >= 0.3 is 5.97 Å². The highest BCUT2D eigenvalue weighted by atomic mass is 16.6. The number of hydrogen-bond acceptors (Lipinski definition) is 4. The third-order valence-electron chi connectivity index (χ3n) is 6.81. The van der Waals surface area contributed by atoms with Crippen molar-refractivity contribution < 1.29 is 19.0 Å². The van der Waals surface area contributed by atoms with Crippen molar-refractivity contribution in [1.29, 1.82) is 0 Å². The average molecular weight is 433 g/mol. The lowest BCUT2D eigenvalue weighted by atomic mass is 9.88. The molecule has 0 aromatic heterocycles. The Hall–Kier alpha value is -3.01. The van der Waals surface area contributed by atoms with Crippen molar-refractivity contribution in [3.05, 3.63) is 70.3 Å². The van der Waals surface area contributed by atoms with E-state index >= 15 is 0 Å². The zero-order valence-electron chi connectivity index (χ0n) is 19.9. The van der Waals surface area contributed by atoms with E-state index in [1.807, 2.05) is 50.2 Å². The topological polar surface area (TPSA) is 44.8 Å². The van der Waals surface area contributed by atoms with E-state index in [1.54, 1.807) is 7.11 Å². The van der Waals surface area contributed by atoms with Crippen molar-refractivity contribution in [3.63, 3.8) is 0 Å². The fourth-order valence-electron chi connectivity index (χ4n) is 4.47. The van der Waals surface area contributed by atoms with Crippen LogP contribution in [-0.4, -0.2) is 25.3 Å². The quantitative estimate of drug-likeness (QED) is 0.450. The van der Waals surface area contributed by atoms with Crippen LogP contribution in [0.2, 0.25) is 0 Å². The zero-order valence-corrected chi connectivity index (χ0v) is 19.9. The van der Waals surface area contributed by atoms with Crippen LogP contribution >= 0.6 is 0 Å². The first-order chi connectivity index (χ1) is 15.2. The molecule has 4 rings (SSSR count). The molecule has 0 amide bonds. The van der Waals surface area contributed by atoms with Crippen molar-refractivity contribution in [3.8, 4) is 11.5 Å². The summed E-state index contributed by atoms with van der Waals surface area (Å²) in [5.41, 5.74) is 5.36. The molecule has 0 bridgehead atoms. The number of ether oxygens (including phenoxy) is 3. The van der Waals surface area contributed by atoms with E-state index in [-0.39, 0.29) is 18.5 Å². The fourth-order valence-corrected chi connectivity index (χ4v) is 4.47. The third kappa shape index (κ3) is 4.19. The zero-order chi connectivity index (χ0) is 23.0. The standard InChI is InChI=1S/C28H32O4/c1-17-13-18(2)25-11-12-28(5,32-26(25)19(17)3)16-31-27(29)20(4)21-7-8-23-15-24(30-6)10-9-22(23)14-21/h7-10,13-15,20H,11-12,16H2,1-6H3. The Morgan fingerprint density at radius 3 is 2.53 bits per heavy atom. The van der Waals surface area contributed by atoms with Crippen molar-refractivity contribution >= 4 is 16.7 Å². The van der Waals surface area contributed by atoms with Gasteiger partial charge in [-0.15, -0.1) is 0 Å². The molecule has 3 aromatic carbocycles. The molecular formula is C28H32O4. The molecule has 0 fully saturated rings. The highest BCUT2D eigenvalue weighted by Crippen LogP contribution is 2.39. The molecule has 32 heavy (non-hydrogen) atoms. The summed E-state index contributed by atoms with van der Waals surface area (Å²) in [6.07, 6.45) is 1.75. The molecule has 0 saturated heterocycles. The number of hydrogen-bond donors (Lipinski definition) is 0. The molecule has 168 valence electrons. The summed E-state index contributed by atoms with van der Waals surface area (Å²) in [6, 6.07) is 14.2. The van der Waals surface area contributed by atoms with Crippen LogP contribution in [0.15, 0.2) is 42.5 Å². The Balaban J connectivity index is 1.46. The molecule has 4 heteroatoms. The second kappa shape index (κ2) is 8.50. The first-order valence-corrected chi connectivity index (χ1v) is 11.2. The lowest BCUT2D eigenvalue weighted by molar-refractivity contribution is -0.151. The smallest absolute Gasteiger partial charge is 0.313 e. The largest absolute Gasteiger partial charge is 0.497 e. The number of methoxy groups -OCH3 is 1. The van der Waals surface area contributed by atoms with Gasteiger partial charge in [0, 0.05) is 0 Å². The number of carbonyl (C=O) groups is 1. The number of carbonyl (C=O) groups excluding carboxylic acids is 1. The molecule has 0 radical (unpaired) electrons. The van der Waals surface area contributed by atoms with E-state index in [0.717, 1.165) is 40.7 Å². The Labute approximate surface area is 190 Å². The van der Waals surface area contributed by atoms with Crippen molar-refractivity contribution in [2.24, 2.45) is 0 Å². The molecule has 1 aliphatic heterocycles. The van der Waals surface area contributed by atoms with Gasteiger partial charge in [-0.25, -0.2) is 0 Å². The summed E-state index contributed by atoms with van der Waals surface area (Å²) in [6.45, 7) is 10.5. The molecule has 4 nitrogen and oxygen atoms in total. The van der Waals surface area contributed by atoms with E-state index < -0.39 is 5.60 Å². The minimum atomic E-state index is -0.521. The molecule has 2 unspecified atom stereocenters. The maximum Gasteiger partial charge on any atom is 0.313 e. The van der Waals surface area contributed by atoms with E-state index in [4.69, 9.17) is 14.2 Å². The van der Waals surface area contributed by atoms with Crippen LogP contribution in [0.1, 0.15) is 54.0 Å². The number of rotatable bonds is 5. The van der Waals surface area contributed by atoms with Crippen LogP contribution in [0, 0.1) is 20.8 Å². The predicted molar refractivity (Wildman–Crippen MR) is 128 cm³/mol. The highest BCUT2D eigenvalue weighted by Gasteiger charge is 2.35. The lowest BCUT2D eigenvalue weighted by Gasteiger charge is -2.37. The molecule has 3 aromatic rings. The van der Waals surface area contributed by atoms with E-state index in [0.29, 0.717) is 0 Å². The maximum atomic E-state index is 12.9. The van der Waals surface area contributed by atoms with Gasteiger partial charge in [0.05, 0.1) is 13.0 Å². The molecule has 0 spiro atoms. The van der Waals surface area contributed by atoms with Gasteiger partial charge in [0.2, 0.25) is 0 Å². The monoisotopic (exact) mass is 432 g/mol. The van der Waals surface area contributed by atoms with Crippen LogP contribution in [-0.2, 0) is 16.0 Å². The molecule has 1 aliphatic rings. The summed E-state index contributed by atoms with van der Waals surface area (Å²) in [4.78, 5) is 12.9. The lowest BCUT2D eigenvalue weighted by Crippen LogP contribution is -2.42. The number of benzene rings is 3. The van der Waals surface area contributed by atoms with Gasteiger partial charge in [-0.1, -0.05) is 30.3 Å². The summed E-state index contributed by atoms with van der Waals surface area (Å²) in [5.74, 6) is 1.20. The van der Waals surface area contributed by atoms with Crippen LogP contribution in [0.3, 0.4) is 0 Å². The Kier molecular flexibility index (Phi) is 5.89. The Morgan fingerprint density at radius 2 is 1.78 bits per heavy atom. The molecular weight excluding hydrogens is 400 g/mol. The molecule has 2 atom stereocenters. The van der Waals surface area contributed by atoms with Crippen LogP contribution in [0.4, 0.5) is 0 Å². The van der Waals surface area contributed by atoms with Crippen molar-refractivity contribution in [2.45, 2.75) is 59.0 Å². The van der Waals surface area contributed by atoms with Crippen LogP contribution < -0.4 is 9.47 Å². The molecule has 1 heterocycles. The van der Waals surface area contributed by atoms with Crippen molar-refractivity contribution in [1.82, 2.24) is 0 Å². The highest BCUT2D eigenvalue weighted by molar-refractivity contribution is 5.86. The maximum absolute atomic E-state index is 12.9. The number of esters is 1. The molecule has 0 N–H and O–H groups in total. The predicted octanol–water partition coefficient (Wildman–Crippen LogP) is 6.20. The Bertz CT molecular complexity index is 1180. The summed E-state index contributed by atoms with van der Waals surface area (Å²) in [7, 11) is 1.66. The van der Waals surface area contributed by atoms with Gasteiger partial charge in [0.25, 0.3) is 0 Å². The summed E-state index contributed by atoms with van der Waals surface area (Å²) >= 11 is 0. The molecule has 0 aliphatic carbocycles. The first-order valence-electron chi connectivity index (χ1n) is 11.2. The van der Waals surface area contributed by atoms with Gasteiger partial charge in [-0.3, -0.25) is 4.79 Å². The SMILES string of the molecule is COc1ccc2cc(C(C)C(=O)OCC3(C)CCc4c(C)cc(C)c(C)c4O3)ccc2c1. The summed E-state index contributed by atoms with van der Waals surface area (Å²) in [5, 5.41) is 2.15. The number of aryl methyl sites for hydroxylation is 2. The van der Waals surface area contributed by atoms with Crippen LogP contribution in [0.25, 0.3) is 10.8 Å². The minimum Gasteiger partial charge on any atom is -0.497 e. The third-order valence-corrected chi connectivity index (χ3v) is 6.81. The van der Waals surface area contributed by atoms with Gasteiger partial charge < -0.3 is 14.2 Å². The minimum absolute atomic E-state index is 0.231. The van der Waals surface area contributed by atoms with Gasteiger partial charge in [-0.2, -0.15) is 0 Å². The van der Waals surface area contributed by atoms with Crippen molar-refractivity contribution in [2.75, 3.05) is 13.7 Å². The fraction of sp³-hybridized carbons (Fsp3) is 0.393. The molecule has 0 saturated carbocycles. The van der Waals surface area contributed by atoms with Crippen LogP contribution in [0.5, 0.6) is 11.5 Å². The van der Waals surface area contributed by atoms with E-state index in [1.165, 1.54) is 22.3 Å². The summed E-state index contributed by atoms with van der Waals surface area (Å²) < 4.78 is 17.5. The van der Waals surface area contributed by atoms with E-state index in [9.17, 15) is 4.79 Å². The van der Waals surface area contributed by atoms with E-state index in [2.05, 4.69) is 26.8 Å².